The van der Waals surface area contributed by atoms with Crippen molar-refractivity contribution in [2.45, 2.75) is 20.5 Å². The third-order valence-corrected chi connectivity index (χ3v) is 1.77. The Morgan fingerprint density at radius 3 is 2.75 bits per heavy atom. The van der Waals surface area contributed by atoms with Crippen molar-refractivity contribution >= 4 is 0 Å². The van der Waals surface area contributed by atoms with Crippen LogP contribution in [0, 0.1) is 18.8 Å². The molecule has 0 bridgehead atoms. The molecule has 0 spiro atoms. The lowest BCUT2D eigenvalue weighted by Crippen LogP contribution is -1.90. The Morgan fingerprint density at radius 1 is 1.42 bits per heavy atom. The fourth-order valence-corrected chi connectivity index (χ4v) is 1.10. The fourth-order valence-electron chi connectivity index (χ4n) is 1.10. The Bertz CT molecular complexity index is 284. The van der Waals surface area contributed by atoms with Gasteiger partial charge in [0.1, 0.15) is 6.61 Å². The highest BCUT2D eigenvalue weighted by Crippen LogP contribution is 2.11. The average molecular weight is 165 g/mol. The van der Waals surface area contributed by atoms with Crippen LogP contribution < -0.4 is 0 Å². The van der Waals surface area contributed by atoms with Crippen molar-refractivity contribution in [3.05, 3.63) is 39.8 Å². The second-order valence-electron chi connectivity index (χ2n) is 2.78. The molecule has 0 aliphatic carbocycles. The molecular formula is C9H11NO2. The van der Waals surface area contributed by atoms with Crippen molar-refractivity contribution in [3.63, 3.8) is 0 Å². The van der Waals surface area contributed by atoms with Gasteiger partial charge in [-0.05, 0) is 25.0 Å². The van der Waals surface area contributed by atoms with E-state index in [0.29, 0.717) is 0 Å². The Labute approximate surface area is 71.3 Å². The lowest BCUT2D eigenvalue weighted by atomic mass is 10.1. The molecule has 0 aromatic heterocycles. The van der Waals surface area contributed by atoms with Crippen LogP contribution in [0.1, 0.15) is 16.7 Å². The van der Waals surface area contributed by atoms with Crippen LogP contribution in [0.25, 0.3) is 0 Å². The molecule has 64 valence electrons. The maximum Gasteiger partial charge on any atom is 0.155 e. The monoisotopic (exact) mass is 165 g/mol. The molecule has 1 aromatic rings. The Hall–Kier alpha value is -1.38. The summed E-state index contributed by atoms with van der Waals surface area (Å²) in [6, 6.07) is 5.97. The van der Waals surface area contributed by atoms with Gasteiger partial charge in [-0.15, -0.1) is 4.91 Å². The van der Waals surface area contributed by atoms with Crippen LogP contribution in [-0.4, -0.2) is 0 Å². The summed E-state index contributed by atoms with van der Waals surface area (Å²) in [7, 11) is 0. The van der Waals surface area contributed by atoms with Crippen LogP contribution in [0.5, 0.6) is 0 Å². The van der Waals surface area contributed by atoms with Gasteiger partial charge in [-0.3, -0.25) is 0 Å². The normalized spacial score (nSPS) is 9.50. The second kappa shape index (κ2) is 3.85. The smallest absolute Gasteiger partial charge is 0.155 e. The van der Waals surface area contributed by atoms with E-state index in [9.17, 15) is 4.91 Å². The average Bonchev–Trinajstić information content (AvgIpc) is 2.03. The van der Waals surface area contributed by atoms with Gasteiger partial charge in [-0.25, -0.2) is 0 Å². The van der Waals surface area contributed by atoms with Gasteiger partial charge in [0.25, 0.3) is 0 Å². The lowest BCUT2D eigenvalue weighted by molar-refractivity contribution is 0.125. The third kappa shape index (κ3) is 2.05. The molecule has 0 aliphatic rings. The summed E-state index contributed by atoms with van der Waals surface area (Å²) < 4.78 is 0. The van der Waals surface area contributed by atoms with Gasteiger partial charge in [0.15, 0.2) is 5.34 Å². The first-order valence-corrected chi connectivity index (χ1v) is 3.75. The summed E-state index contributed by atoms with van der Waals surface area (Å²) in [4.78, 5) is 14.1. The zero-order valence-electron chi connectivity index (χ0n) is 7.20. The van der Waals surface area contributed by atoms with E-state index in [-0.39, 0.29) is 6.61 Å². The van der Waals surface area contributed by atoms with Crippen molar-refractivity contribution in [1.29, 1.82) is 0 Å². The maximum absolute atomic E-state index is 9.68. The largest absolute Gasteiger partial charge is 0.359 e. The molecule has 0 amide bonds. The zero-order valence-corrected chi connectivity index (χ0v) is 7.20. The van der Waals surface area contributed by atoms with Crippen LogP contribution in [-0.2, 0) is 11.4 Å². The number of nitrogens with zero attached hydrogens (tertiary/aromatic N) is 1. The fraction of sp³-hybridized carbons (Fsp3) is 0.333. The van der Waals surface area contributed by atoms with E-state index in [4.69, 9.17) is 0 Å². The molecule has 1 aromatic carbocycles. The first kappa shape index (κ1) is 8.71. The van der Waals surface area contributed by atoms with E-state index < -0.39 is 0 Å². The second-order valence-corrected chi connectivity index (χ2v) is 2.78. The van der Waals surface area contributed by atoms with Gasteiger partial charge in [0.05, 0.1) is 0 Å². The van der Waals surface area contributed by atoms with E-state index >= 15 is 0 Å². The standard InChI is InChI=1S/C9H11NO2/c1-7-3-4-9(6-12-10-11)8(2)5-7/h3-5H,6H2,1-2H3. The van der Waals surface area contributed by atoms with Crippen molar-refractivity contribution in [2.24, 2.45) is 5.34 Å². The predicted octanol–water partition coefficient (Wildman–Crippen LogP) is 2.50. The van der Waals surface area contributed by atoms with Crippen molar-refractivity contribution in [1.82, 2.24) is 0 Å². The molecule has 1 rings (SSSR count). The van der Waals surface area contributed by atoms with Gasteiger partial charge in [0.2, 0.25) is 0 Å². The predicted molar refractivity (Wildman–Crippen MR) is 46.5 cm³/mol. The minimum Gasteiger partial charge on any atom is -0.359 e. The number of benzene rings is 1. The molecule has 3 heteroatoms. The summed E-state index contributed by atoms with van der Waals surface area (Å²) >= 11 is 0. The molecule has 0 unspecified atom stereocenters. The number of hydrogen-bond acceptors (Lipinski definition) is 3. The molecule has 0 saturated carbocycles. The van der Waals surface area contributed by atoms with Crippen molar-refractivity contribution < 1.29 is 4.84 Å². The van der Waals surface area contributed by atoms with Crippen LogP contribution >= 0.6 is 0 Å². The van der Waals surface area contributed by atoms with Gasteiger partial charge < -0.3 is 4.84 Å². The van der Waals surface area contributed by atoms with Crippen LogP contribution in [0.4, 0.5) is 0 Å². The van der Waals surface area contributed by atoms with E-state index in [2.05, 4.69) is 10.2 Å². The summed E-state index contributed by atoms with van der Waals surface area (Å²) in [6.45, 7) is 4.27. The molecule has 0 heterocycles. The van der Waals surface area contributed by atoms with E-state index in [1.807, 2.05) is 32.0 Å². The van der Waals surface area contributed by atoms with Crippen LogP contribution in [0.2, 0.25) is 0 Å². The minimum atomic E-state index is 0.260. The van der Waals surface area contributed by atoms with Crippen LogP contribution in [0.15, 0.2) is 23.5 Å². The summed E-state index contributed by atoms with van der Waals surface area (Å²) in [5, 5.41) is 2.34. The number of hydrogen-bond donors (Lipinski definition) is 0. The zero-order chi connectivity index (χ0) is 8.97. The first-order valence-electron chi connectivity index (χ1n) is 3.75. The first-order chi connectivity index (χ1) is 5.74. The van der Waals surface area contributed by atoms with E-state index in [1.165, 1.54) is 5.56 Å². The molecule has 0 N–H and O–H groups in total. The minimum absolute atomic E-state index is 0.260. The highest BCUT2D eigenvalue weighted by atomic mass is 16.7. The van der Waals surface area contributed by atoms with Gasteiger partial charge in [0, 0.05) is 0 Å². The Kier molecular flexibility index (Phi) is 2.80. The summed E-state index contributed by atoms with van der Waals surface area (Å²) in [5.74, 6) is 0. The molecule has 0 atom stereocenters. The molecular weight excluding hydrogens is 154 g/mol. The number of aryl methyl sites for hydroxylation is 2. The lowest BCUT2D eigenvalue weighted by Gasteiger charge is -2.03. The molecule has 0 fully saturated rings. The van der Waals surface area contributed by atoms with Gasteiger partial charge >= 0.3 is 0 Å². The molecule has 3 nitrogen and oxygen atoms in total. The topological polar surface area (TPSA) is 38.7 Å². The SMILES string of the molecule is Cc1ccc(CON=O)c(C)c1. The van der Waals surface area contributed by atoms with Gasteiger partial charge in [-0.1, -0.05) is 23.8 Å². The quantitative estimate of drug-likeness (QED) is 0.509. The van der Waals surface area contributed by atoms with Crippen molar-refractivity contribution in [3.8, 4) is 0 Å². The highest BCUT2D eigenvalue weighted by Gasteiger charge is 1.98. The highest BCUT2D eigenvalue weighted by molar-refractivity contribution is 5.29. The van der Waals surface area contributed by atoms with E-state index in [1.54, 1.807) is 0 Å². The molecule has 12 heavy (non-hydrogen) atoms. The molecule has 0 radical (unpaired) electrons. The van der Waals surface area contributed by atoms with Crippen LogP contribution in [0.3, 0.4) is 0 Å². The van der Waals surface area contributed by atoms with Crippen molar-refractivity contribution in [2.75, 3.05) is 0 Å². The summed E-state index contributed by atoms with van der Waals surface area (Å²) in [6.07, 6.45) is 0. The Balaban J connectivity index is 2.78. The van der Waals surface area contributed by atoms with E-state index in [0.717, 1.165) is 11.1 Å². The number of rotatable bonds is 3. The Morgan fingerprint density at radius 2 is 2.17 bits per heavy atom. The molecule has 0 saturated heterocycles. The van der Waals surface area contributed by atoms with Gasteiger partial charge in [-0.2, -0.15) is 0 Å². The maximum atomic E-state index is 9.68. The third-order valence-electron chi connectivity index (χ3n) is 1.77. The summed E-state index contributed by atoms with van der Waals surface area (Å²) in [5.41, 5.74) is 3.33. The molecule has 0 aliphatic heterocycles.